The van der Waals surface area contributed by atoms with E-state index in [4.69, 9.17) is 18.9 Å². The van der Waals surface area contributed by atoms with Crippen molar-refractivity contribution in [3.63, 3.8) is 0 Å². The lowest BCUT2D eigenvalue weighted by Crippen LogP contribution is -2.59. The van der Waals surface area contributed by atoms with Crippen molar-refractivity contribution in [3.8, 4) is 17.4 Å². The number of fused-ring (bicyclic) bond motifs is 5. The second kappa shape index (κ2) is 16.6. The van der Waals surface area contributed by atoms with E-state index in [1.165, 1.54) is 24.9 Å². The fraction of sp³-hybridized carbons (Fsp3) is 0.634. The van der Waals surface area contributed by atoms with Gasteiger partial charge in [-0.25, -0.2) is 18.2 Å². The molecule has 1 aromatic heterocycles. The molecule has 2 saturated carbocycles. The first-order valence-electron chi connectivity index (χ1n) is 20.7. The molecule has 4 heterocycles. The number of halogens is 3. The Morgan fingerprint density at radius 2 is 1.77 bits per heavy atom. The van der Waals surface area contributed by atoms with Crippen molar-refractivity contribution in [2.45, 2.75) is 126 Å². The maximum atomic E-state index is 14.9. The number of rotatable bonds is 9. The van der Waals surface area contributed by atoms with Gasteiger partial charge in [0.25, 0.3) is 5.91 Å². The summed E-state index contributed by atoms with van der Waals surface area (Å²) in [6.07, 6.45) is -0.837. The predicted octanol–water partition coefficient (Wildman–Crippen LogP) is 5.07. The van der Waals surface area contributed by atoms with Crippen LogP contribution in [0.1, 0.15) is 85.5 Å². The molecule has 3 N–H and O–H groups in total. The van der Waals surface area contributed by atoms with Crippen LogP contribution in [0.2, 0.25) is 0 Å². The standard InChI is InChI=1S/C41H52F3N5O10S/c1-5-39(6-2,41(42,43)44)59-38(53)46-32-24(4)19-23(3)9-7-8-10-25-21-40(25,37(52)48-60(54,55)27-11-12-27)47-34(50)30-20-26(22-49(30)36(32)51)58-35-29-13-14-31-33(57-18-17-56-31)28(29)15-16-45-35/h8,10,13-16,23-27,30,32H,5-7,9,11-12,17-22H2,1-4H3,(H,46,53)(H,47,50)(H,48,52). The predicted molar refractivity (Wildman–Crippen MR) is 210 cm³/mol. The summed E-state index contributed by atoms with van der Waals surface area (Å²) in [6, 6.07) is 2.44. The van der Waals surface area contributed by atoms with E-state index in [-0.39, 0.29) is 31.2 Å². The third-order valence-corrected chi connectivity index (χ3v) is 14.3. The molecule has 328 valence electrons. The summed E-state index contributed by atoms with van der Waals surface area (Å²) in [4.78, 5) is 62.4. The van der Waals surface area contributed by atoms with Gasteiger partial charge in [-0.3, -0.25) is 19.1 Å². The zero-order valence-electron chi connectivity index (χ0n) is 34.0. The van der Waals surface area contributed by atoms with E-state index in [1.54, 1.807) is 31.2 Å². The Kier molecular flexibility index (Phi) is 12.0. The summed E-state index contributed by atoms with van der Waals surface area (Å²) >= 11 is 0. The lowest BCUT2D eigenvalue weighted by molar-refractivity contribution is -0.260. The molecule has 0 radical (unpaired) electrons. The van der Waals surface area contributed by atoms with Crippen LogP contribution < -0.4 is 29.6 Å². The highest BCUT2D eigenvalue weighted by atomic mass is 32.2. The minimum atomic E-state index is -4.90. The Balaban J connectivity index is 1.23. The quantitative estimate of drug-likeness (QED) is 0.286. The van der Waals surface area contributed by atoms with Crippen LogP contribution in [0, 0.1) is 17.8 Å². The zero-order chi connectivity index (χ0) is 43.2. The van der Waals surface area contributed by atoms with Crippen molar-refractivity contribution >= 4 is 44.6 Å². The number of benzene rings is 1. The van der Waals surface area contributed by atoms with Crippen LogP contribution in [0.25, 0.3) is 10.8 Å². The molecule has 1 saturated heterocycles. The van der Waals surface area contributed by atoms with Gasteiger partial charge >= 0.3 is 12.3 Å². The van der Waals surface area contributed by atoms with Crippen molar-refractivity contribution in [2.24, 2.45) is 17.8 Å². The number of alkyl halides is 3. The molecule has 3 aliphatic heterocycles. The molecule has 0 spiro atoms. The van der Waals surface area contributed by atoms with Gasteiger partial charge in [0.05, 0.1) is 11.8 Å². The minimum absolute atomic E-state index is 0.0397. The SMILES string of the molecule is CCC(CC)(OC(=O)NC1C(=O)N2CC(Oc3nccc4c5c(ccc34)OCCO5)CC2C(=O)NC2(C(=O)NS(=O)(=O)C3CC3)CC2C=CCCC(C)CC1C)C(F)(F)F. The molecule has 2 aliphatic carbocycles. The first kappa shape index (κ1) is 43.3. The van der Waals surface area contributed by atoms with Crippen LogP contribution in [0.4, 0.5) is 18.0 Å². The molecule has 0 bridgehead atoms. The van der Waals surface area contributed by atoms with Crippen molar-refractivity contribution in [3.05, 3.63) is 36.5 Å². The van der Waals surface area contributed by atoms with Crippen molar-refractivity contribution in [1.82, 2.24) is 25.2 Å². The Bertz CT molecular complexity index is 2150. The number of sulfonamides is 1. The lowest BCUT2D eigenvalue weighted by Gasteiger charge is -2.36. The monoisotopic (exact) mass is 863 g/mol. The number of carbonyl (C=O) groups is 4. The highest BCUT2D eigenvalue weighted by Gasteiger charge is 2.62. The Labute approximate surface area is 346 Å². The van der Waals surface area contributed by atoms with Crippen molar-refractivity contribution in [2.75, 3.05) is 19.8 Å². The fourth-order valence-corrected chi connectivity index (χ4v) is 10.0. The number of nitrogens with one attached hydrogen (secondary N) is 3. The number of allylic oxidation sites excluding steroid dienone is 1. The van der Waals surface area contributed by atoms with Gasteiger partial charge in [0.2, 0.25) is 33.3 Å². The number of nitrogens with zero attached hydrogens (tertiary/aromatic N) is 2. The molecule has 19 heteroatoms. The van der Waals surface area contributed by atoms with Gasteiger partial charge in [0, 0.05) is 29.3 Å². The molecule has 7 unspecified atom stereocenters. The normalized spacial score (nSPS) is 28.7. The maximum absolute atomic E-state index is 14.9. The van der Waals surface area contributed by atoms with Gasteiger partial charge in [0.15, 0.2) is 11.5 Å². The largest absolute Gasteiger partial charge is 0.486 e. The maximum Gasteiger partial charge on any atom is 0.428 e. The first-order chi connectivity index (χ1) is 28.4. The highest BCUT2D eigenvalue weighted by molar-refractivity contribution is 7.91. The molecule has 60 heavy (non-hydrogen) atoms. The summed E-state index contributed by atoms with van der Waals surface area (Å²) in [6.45, 7) is 6.65. The topological polar surface area (TPSA) is 192 Å². The van der Waals surface area contributed by atoms with E-state index >= 15 is 0 Å². The van der Waals surface area contributed by atoms with Gasteiger partial charge in [0.1, 0.15) is 36.9 Å². The smallest absolute Gasteiger partial charge is 0.428 e. The highest BCUT2D eigenvalue weighted by Crippen LogP contribution is 2.47. The molecular weight excluding hydrogens is 812 g/mol. The van der Waals surface area contributed by atoms with E-state index in [1.807, 2.05) is 13.0 Å². The molecule has 2 aromatic rings. The van der Waals surface area contributed by atoms with E-state index in [0.717, 1.165) is 0 Å². The van der Waals surface area contributed by atoms with E-state index in [9.17, 15) is 40.8 Å². The molecule has 15 nitrogen and oxygen atoms in total. The summed E-state index contributed by atoms with van der Waals surface area (Å²) in [5.74, 6) is -2.45. The number of ether oxygens (including phenoxy) is 4. The van der Waals surface area contributed by atoms with Crippen LogP contribution in [0.15, 0.2) is 36.5 Å². The summed E-state index contributed by atoms with van der Waals surface area (Å²) in [5.41, 5.74) is -4.44. The first-order valence-corrected chi connectivity index (χ1v) is 22.2. The number of pyridine rings is 1. The fourth-order valence-electron chi connectivity index (χ4n) is 8.67. The van der Waals surface area contributed by atoms with Gasteiger partial charge in [-0.1, -0.05) is 39.8 Å². The second-order valence-corrected chi connectivity index (χ2v) is 18.7. The average molecular weight is 864 g/mol. The van der Waals surface area contributed by atoms with Crippen LogP contribution in [0.3, 0.4) is 0 Å². The third-order valence-electron chi connectivity index (χ3n) is 12.5. The number of aromatic nitrogens is 1. The number of alkyl carbamates (subject to hydrolysis) is 1. The van der Waals surface area contributed by atoms with Gasteiger partial charge in [-0.05, 0) is 81.4 Å². The van der Waals surface area contributed by atoms with Gasteiger partial charge in [-0.15, -0.1) is 0 Å². The van der Waals surface area contributed by atoms with E-state index in [0.29, 0.717) is 67.6 Å². The Morgan fingerprint density at radius 3 is 2.47 bits per heavy atom. The summed E-state index contributed by atoms with van der Waals surface area (Å²) < 4.78 is 94.0. The molecule has 3 fully saturated rings. The summed E-state index contributed by atoms with van der Waals surface area (Å²) in [5, 5.41) is 5.76. The molecule has 4 amide bonds. The minimum Gasteiger partial charge on any atom is -0.486 e. The molecule has 1 aromatic carbocycles. The molecular formula is C41H52F3N5O10S. The van der Waals surface area contributed by atoms with Gasteiger partial charge in [-0.2, -0.15) is 13.2 Å². The molecule has 7 rings (SSSR count). The van der Waals surface area contributed by atoms with Crippen LogP contribution in [-0.2, 0) is 29.1 Å². The molecule has 5 aliphatic rings. The number of amides is 4. The number of hydrogen-bond donors (Lipinski definition) is 3. The van der Waals surface area contributed by atoms with Crippen LogP contribution >= 0.6 is 0 Å². The van der Waals surface area contributed by atoms with E-state index in [2.05, 4.69) is 20.3 Å². The van der Waals surface area contributed by atoms with Crippen LogP contribution in [-0.4, -0.2) is 103 Å². The van der Waals surface area contributed by atoms with Crippen molar-refractivity contribution < 1.29 is 59.7 Å². The Morgan fingerprint density at radius 1 is 1.03 bits per heavy atom. The average Bonchev–Trinajstić information content (AvgIpc) is 4.13. The third kappa shape index (κ3) is 8.55. The Hall–Kier alpha value is -4.81. The summed E-state index contributed by atoms with van der Waals surface area (Å²) in [7, 11) is -3.99. The zero-order valence-corrected chi connectivity index (χ0v) is 34.8. The van der Waals surface area contributed by atoms with E-state index < -0.39 is 99.3 Å². The second-order valence-electron chi connectivity index (χ2n) is 16.8. The number of hydrogen-bond acceptors (Lipinski definition) is 11. The number of carbonyl (C=O) groups excluding carboxylic acids is 4. The molecule has 7 atom stereocenters. The van der Waals surface area contributed by atoms with Crippen molar-refractivity contribution in [1.29, 1.82) is 0 Å². The van der Waals surface area contributed by atoms with Gasteiger partial charge < -0.3 is 34.5 Å². The van der Waals surface area contributed by atoms with Crippen LogP contribution in [0.5, 0.6) is 17.4 Å². The lowest BCUT2D eigenvalue weighted by atomic mass is 9.88.